The van der Waals surface area contributed by atoms with Crippen LogP contribution < -0.4 is 11.1 Å². The molecule has 0 aromatic carbocycles. The molecule has 0 atom stereocenters. The van der Waals surface area contributed by atoms with E-state index in [0.29, 0.717) is 5.96 Å². The van der Waals surface area contributed by atoms with Crippen molar-refractivity contribution in [3.05, 3.63) is 0 Å². The van der Waals surface area contributed by atoms with E-state index in [-0.39, 0.29) is 12.5 Å². The van der Waals surface area contributed by atoms with Crippen molar-refractivity contribution in [2.45, 2.75) is 32.6 Å². The minimum absolute atomic E-state index is 0.0842. The van der Waals surface area contributed by atoms with Crippen molar-refractivity contribution < 1.29 is 4.79 Å². The van der Waals surface area contributed by atoms with Crippen LogP contribution in [0.3, 0.4) is 0 Å². The SMILES string of the molecule is CCCNC(N)=NCC(=O)N1CCCCC1. The Morgan fingerprint density at radius 3 is 2.69 bits per heavy atom. The lowest BCUT2D eigenvalue weighted by Crippen LogP contribution is -2.38. The highest BCUT2D eigenvalue weighted by molar-refractivity contribution is 5.84. The molecular formula is C11H22N4O. The summed E-state index contributed by atoms with van der Waals surface area (Å²) in [4.78, 5) is 17.6. The molecule has 1 aliphatic rings. The average Bonchev–Trinajstić information content (AvgIpc) is 2.34. The summed E-state index contributed by atoms with van der Waals surface area (Å²) in [6.45, 7) is 4.77. The van der Waals surface area contributed by atoms with Gasteiger partial charge in [-0.05, 0) is 25.7 Å². The smallest absolute Gasteiger partial charge is 0.244 e. The number of nitrogens with zero attached hydrogens (tertiary/aromatic N) is 2. The molecular weight excluding hydrogens is 204 g/mol. The molecule has 0 aromatic heterocycles. The predicted octanol–water partition coefficient (Wildman–Crippen LogP) is 0.313. The number of aliphatic imine (C=N–C) groups is 1. The first-order valence-electron chi connectivity index (χ1n) is 6.05. The number of likely N-dealkylation sites (tertiary alicyclic amines) is 1. The van der Waals surface area contributed by atoms with Gasteiger partial charge in [0.2, 0.25) is 5.91 Å². The highest BCUT2D eigenvalue weighted by atomic mass is 16.2. The van der Waals surface area contributed by atoms with E-state index in [1.165, 1.54) is 6.42 Å². The van der Waals surface area contributed by atoms with E-state index in [0.717, 1.165) is 38.9 Å². The third-order valence-corrected chi connectivity index (χ3v) is 2.65. The largest absolute Gasteiger partial charge is 0.370 e. The standard InChI is InChI=1S/C11H22N4O/c1-2-6-13-11(12)14-9-10(16)15-7-4-3-5-8-15/h2-9H2,1H3,(H3,12,13,14). The number of hydrogen-bond donors (Lipinski definition) is 2. The lowest BCUT2D eigenvalue weighted by molar-refractivity contribution is -0.130. The molecule has 5 nitrogen and oxygen atoms in total. The van der Waals surface area contributed by atoms with Gasteiger partial charge in [0.05, 0.1) is 0 Å². The van der Waals surface area contributed by atoms with Gasteiger partial charge in [-0.3, -0.25) is 4.79 Å². The Hall–Kier alpha value is -1.26. The lowest BCUT2D eigenvalue weighted by Gasteiger charge is -2.26. The Balaban J connectivity index is 2.27. The molecule has 0 aliphatic carbocycles. The number of amides is 1. The van der Waals surface area contributed by atoms with Crippen LogP contribution in [0.2, 0.25) is 0 Å². The normalized spacial score (nSPS) is 17.3. The second-order valence-electron chi connectivity index (χ2n) is 4.07. The number of carbonyl (C=O) groups excluding carboxylic acids is 1. The van der Waals surface area contributed by atoms with Crippen molar-refractivity contribution in [1.29, 1.82) is 0 Å². The van der Waals surface area contributed by atoms with E-state index < -0.39 is 0 Å². The van der Waals surface area contributed by atoms with Crippen LogP contribution >= 0.6 is 0 Å². The molecule has 1 aliphatic heterocycles. The van der Waals surface area contributed by atoms with Gasteiger partial charge < -0.3 is 16.0 Å². The van der Waals surface area contributed by atoms with Crippen LogP contribution in [-0.2, 0) is 4.79 Å². The number of rotatable bonds is 4. The van der Waals surface area contributed by atoms with E-state index in [4.69, 9.17) is 5.73 Å². The Kier molecular flexibility index (Phi) is 5.67. The molecule has 0 bridgehead atoms. The summed E-state index contributed by atoms with van der Waals surface area (Å²) in [6.07, 6.45) is 4.45. The summed E-state index contributed by atoms with van der Waals surface area (Å²) in [6, 6.07) is 0. The first-order valence-corrected chi connectivity index (χ1v) is 6.05. The number of carbonyl (C=O) groups is 1. The number of nitrogens with two attached hydrogens (primary N) is 1. The second kappa shape index (κ2) is 7.09. The van der Waals surface area contributed by atoms with Gasteiger partial charge in [0.25, 0.3) is 0 Å². The molecule has 0 aromatic rings. The summed E-state index contributed by atoms with van der Waals surface area (Å²) < 4.78 is 0. The fourth-order valence-corrected chi connectivity index (χ4v) is 1.71. The zero-order valence-corrected chi connectivity index (χ0v) is 10.0. The first-order chi connectivity index (χ1) is 7.74. The van der Waals surface area contributed by atoms with Crippen molar-refractivity contribution in [3.8, 4) is 0 Å². The topological polar surface area (TPSA) is 70.7 Å². The summed E-state index contributed by atoms with van der Waals surface area (Å²) >= 11 is 0. The fraction of sp³-hybridized carbons (Fsp3) is 0.818. The number of hydrogen-bond acceptors (Lipinski definition) is 2. The monoisotopic (exact) mass is 226 g/mol. The maximum Gasteiger partial charge on any atom is 0.244 e. The van der Waals surface area contributed by atoms with Crippen LogP contribution in [-0.4, -0.2) is 42.9 Å². The van der Waals surface area contributed by atoms with Crippen LogP contribution in [0.25, 0.3) is 0 Å². The van der Waals surface area contributed by atoms with Crippen molar-refractivity contribution in [2.75, 3.05) is 26.2 Å². The molecule has 92 valence electrons. The van der Waals surface area contributed by atoms with Crippen LogP contribution in [0.1, 0.15) is 32.6 Å². The van der Waals surface area contributed by atoms with E-state index in [1.54, 1.807) is 0 Å². The highest BCUT2D eigenvalue weighted by Gasteiger charge is 2.15. The van der Waals surface area contributed by atoms with Gasteiger partial charge >= 0.3 is 0 Å². The Morgan fingerprint density at radius 2 is 2.06 bits per heavy atom. The molecule has 16 heavy (non-hydrogen) atoms. The Labute approximate surface area is 97.1 Å². The quantitative estimate of drug-likeness (QED) is 0.535. The maximum atomic E-state index is 11.7. The van der Waals surface area contributed by atoms with Gasteiger partial charge in [0, 0.05) is 19.6 Å². The van der Waals surface area contributed by atoms with E-state index in [9.17, 15) is 4.79 Å². The molecule has 5 heteroatoms. The highest BCUT2D eigenvalue weighted by Crippen LogP contribution is 2.08. The molecule has 3 N–H and O–H groups in total. The van der Waals surface area contributed by atoms with Crippen molar-refractivity contribution in [3.63, 3.8) is 0 Å². The third-order valence-electron chi connectivity index (χ3n) is 2.65. The van der Waals surface area contributed by atoms with Crippen LogP contribution in [0, 0.1) is 0 Å². The molecule has 0 spiro atoms. The first kappa shape index (κ1) is 12.8. The van der Waals surface area contributed by atoms with Gasteiger partial charge in [-0.15, -0.1) is 0 Å². The van der Waals surface area contributed by atoms with Crippen molar-refractivity contribution >= 4 is 11.9 Å². The number of guanidine groups is 1. The third kappa shape index (κ3) is 4.51. The molecule has 1 amide bonds. The minimum atomic E-state index is 0.0842. The van der Waals surface area contributed by atoms with Crippen LogP contribution in [0.5, 0.6) is 0 Å². The second-order valence-corrected chi connectivity index (χ2v) is 4.07. The summed E-state index contributed by atoms with van der Waals surface area (Å²) in [7, 11) is 0. The van der Waals surface area contributed by atoms with Gasteiger partial charge in [-0.25, -0.2) is 4.99 Å². The zero-order chi connectivity index (χ0) is 11.8. The van der Waals surface area contributed by atoms with Gasteiger partial charge in [-0.1, -0.05) is 6.92 Å². The molecule has 1 rings (SSSR count). The molecule has 0 radical (unpaired) electrons. The molecule has 0 saturated carbocycles. The zero-order valence-electron chi connectivity index (χ0n) is 10.0. The average molecular weight is 226 g/mol. The predicted molar refractivity (Wildman–Crippen MR) is 65.2 cm³/mol. The molecule has 0 unspecified atom stereocenters. The van der Waals surface area contributed by atoms with Crippen LogP contribution in [0.4, 0.5) is 0 Å². The van der Waals surface area contributed by atoms with Gasteiger partial charge in [0.1, 0.15) is 6.54 Å². The van der Waals surface area contributed by atoms with Crippen molar-refractivity contribution in [2.24, 2.45) is 10.7 Å². The van der Waals surface area contributed by atoms with E-state index in [1.807, 2.05) is 4.90 Å². The molecule has 1 fully saturated rings. The van der Waals surface area contributed by atoms with Crippen molar-refractivity contribution in [1.82, 2.24) is 10.2 Å². The van der Waals surface area contributed by atoms with E-state index >= 15 is 0 Å². The number of nitrogens with one attached hydrogen (secondary N) is 1. The summed E-state index contributed by atoms with van der Waals surface area (Å²) in [5.41, 5.74) is 5.61. The Morgan fingerprint density at radius 1 is 1.38 bits per heavy atom. The van der Waals surface area contributed by atoms with Gasteiger partial charge in [0.15, 0.2) is 5.96 Å². The maximum absolute atomic E-state index is 11.7. The fourth-order valence-electron chi connectivity index (χ4n) is 1.71. The summed E-state index contributed by atoms with van der Waals surface area (Å²) in [5, 5.41) is 2.95. The molecule has 1 saturated heterocycles. The van der Waals surface area contributed by atoms with Crippen LogP contribution in [0.15, 0.2) is 4.99 Å². The number of piperidine rings is 1. The lowest BCUT2D eigenvalue weighted by atomic mass is 10.1. The summed E-state index contributed by atoms with van der Waals surface area (Å²) in [5.74, 6) is 0.452. The van der Waals surface area contributed by atoms with E-state index in [2.05, 4.69) is 17.2 Å². The minimum Gasteiger partial charge on any atom is -0.370 e. The Bertz CT molecular complexity index is 246. The molecule has 1 heterocycles. The van der Waals surface area contributed by atoms with Gasteiger partial charge in [-0.2, -0.15) is 0 Å².